The number of nitrogen functional groups attached to an aromatic ring is 1. The van der Waals surface area contributed by atoms with Crippen LogP contribution < -0.4 is 5.73 Å². The second-order valence-corrected chi connectivity index (χ2v) is 4.66. The standard InChI is InChI=1S/C12H13BrN4O2/c1-2-17-11(15-7-16-17)6-19-12(18)8-3-4-9(13)10(14)5-8/h3-5,7H,2,6,14H2,1H3. The molecule has 0 fully saturated rings. The highest BCUT2D eigenvalue weighted by molar-refractivity contribution is 9.10. The molecule has 0 atom stereocenters. The molecule has 0 saturated heterocycles. The zero-order valence-electron chi connectivity index (χ0n) is 10.3. The van der Waals surface area contributed by atoms with Crippen LogP contribution in [0.5, 0.6) is 0 Å². The van der Waals surface area contributed by atoms with Crippen LogP contribution in [0, 0.1) is 0 Å². The minimum Gasteiger partial charge on any atom is -0.454 e. The summed E-state index contributed by atoms with van der Waals surface area (Å²) in [5, 5.41) is 4.00. The third-order valence-electron chi connectivity index (χ3n) is 2.56. The number of carbonyl (C=O) groups is 1. The highest BCUT2D eigenvalue weighted by Gasteiger charge is 2.11. The molecule has 1 aromatic heterocycles. The highest BCUT2D eigenvalue weighted by Crippen LogP contribution is 2.20. The molecule has 0 aliphatic rings. The number of nitrogens with two attached hydrogens (primary N) is 1. The Morgan fingerprint density at radius 2 is 2.32 bits per heavy atom. The molecule has 0 aliphatic carbocycles. The molecule has 2 N–H and O–H groups in total. The lowest BCUT2D eigenvalue weighted by atomic mass is 10.2. The van der Waals surface area contributed by atoms with Crippen molar-refractivity contribution in [3.05, 3.63) is 40.4 Å². The first kappa shape index (κ1) is 13.5. The van der Waals surface area contributed by atoms with E-state index < -0.39 is 5.97 Å². The summed E-state index contributed by atoms with van der Waals surface area (Å²) >= 11 is 3.27. The van der Waals surface area contributed by atoms with Gasteiger partial charge in [-0.25, -0.2) is 14.5 Å². The van der Waals surface area contributed by atoms with Gasteiger partial charge in [-0.15, -0.1) is 0 Å². The van der Waals surface area contributed by atoms with Crippen LogP contribution >= 0.6 is 15.9 Å². The number of anilines is 1. The molecular weight excluding hydrogens is 312 g/mol. The van der Waals surface area contributed by atoms with Gasteiger partial charge in [0.2, 0.25) is 0 Å². The van der Waals surface area contributed by atoms with Crippen molar-refractivity contribution in [2.75, 3.05) is 5.73 Å². The molecule has 0 saturated carbocycles. The molecule has 1 aromatic carbocycles. The lowest BCUT2D eigenvalue weighted by Crippen LogP contribution is -2.10. The number of aryl methyl sites for hydroxylation is 1. The number of aromatic nitrogens is 3. The Morgan fingerprint density at radius 3 is 3.00 bits per heavy atom. The Hall–Kier alpha value is -1.89. The van der Waals surface area contributed by atoms with Crippen LogP contribution in [0.3, 0.4) is 0 Å². The van der Waals surface area contributed by atoms with E-state index in [0.29, 0.717) is 23.6 Å². The quantitative estimate of drug-likeness (QED) is 0.687. The maximum Gasteiger partial charge on any atom is 0.338 e. The normalized spacial score (nSPS) is 10.4. The first-order valence-corrected chi connectivity index (χ1v) is 6.50. The maximum absolute atomic E-state index is 11.9. The predicted molar refractivity (Wildman–Crippen MR) is 73.4 cm³/mol. The average Bonchev–Trinajstić information content (AvgIpc) is 2.86. The molecule has 100 valence electrons. The molecule has 2 aromatic rings. The molecule has 0 aliphatic heterocycles. The van der Waals surface area contributed by atoms with Crippen molar-refractivity contribution < 1.29 is 9.53 Å². The number of halogens is 1. The van der Waals surface area contributed by atoms with E-state index in [2.05, 4.69) is 26.0 Å². The van der Waals surface area contributed by atoms with Gasteiger partial charge in [-0.1, -0.05) is 0 Å². The van der Waals surface area contributed by atoms with Gasteiger partial charge in [0, 0.05) is 16.7 Å². The molecule has 0 amide bonds. The van der Waals surface area contributed by atoms with E-state index in [0.717, 1.165) is 4.47 Å². The third kappa shape index (κ3) is 3.11. The average molecular weight is 325 g/mol. The molecule has 6 nitrogen and oxygen atoms in total. The van der Waals surface area contributed by atoms with Gasteiger partial charge in [-0.2, -0.15) is 5.10 Å². The minimum atomic E-state index is -0.440. The monoisotopic (exact) mass is 324 g/mol. The van der Waals surface area contributed by atoms with Crippen molar-refractivity contribution in [2.45, 2.75) is 20.1 Å². The lowest BCUT2D eigenvalue weighted by molar-refractivity contribution is 0.0457. The van der Waals surface area contributed by atoms with E-state index in [1.54, 1.807) is 22.9 Å². The number of ether oxygens (including phenoxy) is 1. The number of hydrogen-bond acceptors (Lipinski definition) is 5. The molecule has 7 heteroatoms. The van der Waals surface area contributed by atoms with Gasteiger partial charge in [-0.05, 0) is 41.1 Å². The molecule has 0 spiro atoms. The summed E-state index contributed by atoms with van der Waals surface area (Å²) in [6.45, 7) is 2.70. The Labute approximate surface area is 118 Å². The Kier molecular flexibility index (Phi) is 4.16. The summed E-state index contributed by atoms with van der Waals surface area (Å²) in [6, 6.07) is 4.92. The first-order valence-electron chi connectivity index (χ1n) is 5.70. The summed E-state index contributed by atoms with van der Waals surface area (Å²) < 4.78 is 7.59. The predicted octanol–water partition coefficient (Wildman–Crippen LogP) is 2.00. The molecule has 0 bridgehead atoms. The molecule has 0 radical (unpaired) electrons. The van der Waals surface area contributed by atoms with Crippen LogP contribution in [0.15, 0.2) is 29.0 Å². The van der Waals surface area contributed by atoms with Crippen molar-refractivity contribution in [1.82, 2.24) is 14.8 Å². The summed E-state index contributed by atoms with van der Waals surface area (Å²) in [5.74, 6) is 0.172. The van der Waals surface area contributed by atoms with Gasteiger partial charge in [0.05, 0.1) is 5.56 Å². The molecule has 2 rings (SSSR count). The fraction of sp³-hybridized carbons (Fsp3) is 0.250. The van der Waals surface area contributed by atoms with Crippen LogP contribution in [-0.4, -0.2) is 20.7 Å². The second kappa shape index (κ2) is 5.83. The topological polar surface area (TPSA) is 83.0 Å². The maximum atomic E-state index is 11.9. The smallest absolute Gasteiger partial charge is 0.338 e. The lowest BCUT2D eigenvalue weighted by Gasteiger charge is -2.06. The van der Waals surface area contributed by atoms with Crippen molar-refractivity contribution in [3.8, 4) is 0 Å². The summed E-state index contributed by atoms with van der Waals surface area (Å²) in [6.07, 6.45) is 1.43. The number of carbonyl (C=O) groups excluding carboxylic acids is 1. The first-order chi connectivity index (χ1) is 9.11. The third-order valence-corrected chi connectivity index (χ3v) is 3.28. The number of rotatable bonds is 4. The Morgan fingerprint density at radius 1 is 1.53 bits per heavy atom. The summed E-state index contributed by atoms with van der Waals surface area (Å²) in [7, 11) is 0. The van der Waals surface area contributed by atoms with Crippen molar-refractivity contribution in [1.29, 1.82) is 0 Å². The molecular formula is C12H13BrN4O2. The largest absolute Gasteiger partial charge is 0.454 e. The van der Waals surface area contributed by atoms with E-state index in [9.17, 15) is 4.79 Å². The van der Waals surface area contributed by atoms with Crippen molar-refractivity contribution in [3.63, 3.8) is 0 Å². The highest BCUT2D eigenvalue weighted by atomic mass is 79.9. The van der Waals surface area contributed by atoms with Gasteiger partial charge >= 0.3 is 5.97 Å². The number of nitrogens with zero attached hydrogens (tertiary/aromatic N) is 3. The van der Waals surface area contributed by atoms with Crippen LogP contribution in [0.1, 0.15) is 23.1 Å². The Bertz CT molecular complexity index is 597. The molecule has 1 heterocycles. The number of benzene rings is 1. The van der Waals surface area contributed by atoms with Crippen molar-refractivity contribution in [2.24, 2.45) is 0 Å². The van der Waals surface area contributed by atoms with Gasteiger partial charge in [0.1, 0.15) is 6.33 Å². The van der Waals surface area contributed by atoms with Crippen LogP contribution in [0.2, 0.25) is 0 Å². The second-order valence-electron chi connectivity index (χ2n) is 3.80. The van der Waals surface area contributed by atoms with Gasteiger partial charge in [0.15, 0.2) is 12.4 Å². The minimum absolute atomic E-state index is 0.0860. The van der Waals surface area contributed by atoms with E-state index in [1.807, 2.05) is 6.92 Å². The summed E-state index contributed by atoms with van der Waals surface area (Å²) in [5.41, 5.74) is 6.61. The van der Waals surface area contributed by atoms with E-state index in [4.69, 9.17) is 10.5 Å². The van der Waals surface area contributed by atoms with Gasteiger partial charge < -0.3 is 10.5 Å². The van der Waals surface area contributed by atoms with E-state index in [1.165, 1.54) is 6.33 Å². The van der Waals surface area contributed by atoms with Crippen LogP contribution in [0.4, 0.5) is 5.69 Å². The number of hydrogen-bond donors (Lipinski definition) is 1. The van der Waals surface area contributed by atoms with Gasteiger partial charge in [-0.3, -0.25) is 0 Å². The van der Waals surface area contributed by atoms with E-state index >= 15 is 0 Å². The zero-order valence-corrected chi connectivity index (χ0v) is 11.9. The fourth-order valence-corrected chi connectivity index (χ4v) is 1.79. The van der Waals surface area contributed by atoms with Crippen LogP contribution in [0.25, 0.3) is 0 Å². The SMILES string of the molecule is CCn1ncnc1COC(=O)c1ccc(Br)c(N)c1. The molecule has 19 heavy (non-hydrogen) atoms. The fourth-order valence-electron chi connectivity index (χ4n) is 1.55. The number of esters is 1. The molecule has 0 unspecified atom stereocenters. The summed E-state index contributed by atoms with van der Waals surface area (Å²) in [4.78, 5) is 15.9. The Balaban J connectivity index is 2.03. The van der Waals surface area contributed by atoms with Crippen molar-refractivity contribution >= 4 is 27.6 Å². The van der Waals surface area contributed by atoms with Gasteiger partial charge in [0.25, 0.3) is 0 Å². The van der Waals surface area contributed by atoms with E-state index in [-0.39, 0.29) is 6.61 Å². The van der Waals surface area contributed by atoms with Crippen LogP contribution in [-0.2, 0) is 17.9 Å². The zero-order chi connectivity index (χ0) is 13.8.